The normalized spacial score (nSPS) is 16.1. The summed E-state index contributed by atoms with van der Waals surface area (Å²) in [6, 6.07) is 20.2. The maximum absolute atomic E-state index is 12.3. The van der Waals surface area contributed by atoms with E-state index in [0.29, 0.717) is 28.2 Å². The molecule has 2 aromatic carbocycles. The van der Waals surface area contributed by atoms with Crippen LogP contribution in [0.3, 0.4) is 0 Å². The van der Waals surface area contributed by atoms with Crippen LogP contribution in [0.2, 0.25) is 5.02 Å². The smallest absolute Gasteiger partial charge is 0.411 e. The lowest BCUT2D eigenvalue weighted by atomic mass is 9.92. The van der Waals surface area contributed by atoms with E-state index in [0.717, 1.165) is 59.1 Å². The molecule has 4 aromatic rings. The molecule has 2 aliphatic rings. The summed E-state index contributed by atoms with van der Waals surface area (Å²) in [5.41, 5.74) is 5.81. The Labute approximate surface area is 220 Å². The molecule has 6 rings (SSSR count). The largest absolute Gasteiger partial charge is 0.446 e. The van der Waals surface area contributed by atoms with E-state index in [1.807, 2.05) is 55.5 Å². The molecule has 2 aliphatic carbocycles. The second-order valence-corrected chi connectivity index (χ2v) is 10.4. The zero-order valence-electron chi connectivity index (χ0n) is 20.6. The van der Waals surface area contributed by atoms with Crippen LogP contribution in [0.15, 0.2) is 60.8 Å². The molecule has 7 heteroatoms. The number of carbonyl (C=O) groups is 1. The topological polar surface area (TPSA) is 79.9 Å². The number of nitrogens with zero attached hydrogens (tertiary/aromatic N) is 3. The summed E-state index contributed by atoms with van der Waals surface area (Å²) >= 11 is 6.45. The third kappa shape index (κ3) is 4.45. The monoisotopic (exact) mass is 510 g/mol. The number of halogens is 1. The first-order chi connectivity index (χ1) is 18.0. The lowest BCUT2D eigenvalue weighted by Gasteiger charge is -2.30. The minimum atomic E-state index is -0.436. The minimum Gasteiger partial charge on any atom is -0.446 e. The average molecular weight is 511 g/mol. The number of fused-ring (bicyclic) bond motifs is 1. The lowest BCUT2D eigenvalue weighted by molar-refractivity contribution is 0.108. The Hall–Kier alpha value is -3.82. The quantitative estimate of drug-likeness (QED) is 0.285. The summed E-state index contributed by atoms with van der Waals surface area (Å²) in [4.78, 5) is 16.8. The zero-order chi connectivity index (χ0) is 25.5. The van der Waals surface area contributed by atoms with E-state index in [2.05, 4.69) is 27.0 Å². The second kappa shape index (κ2) is 9.57. The Balaban J connectivity index is 1.38. The predicted molar refractivity (Wildman–Crippen MR) is 146 cm³/mol. The van der Waals surface area contributed by atoms with Crippen molar-refractivity contribution in [2.75, 3.05) is 5.32 Å². The van der Waals surface area contributed by atoms with E-state index >= 15 is 0 Å². The van der Waals surface area contributed by atoms with Crippen molar-refractivity contribution in [2.24, 2.45) is 5.92 Å². The summed E-state index contributed by atoms with van der Waals surface area (Å²) in [5.74, 6) is 0.486. The number of benzene rings is 2. The van der Waals surface area contributed by atoms with E-state index < -0.39 is 6.09 Å². The molecular formula is C30H27ClN4O2. The predicted octanol–water partition coefficient (Wildman–Crippen LogP) is 7.97. The van der Waals surface area contributed by atoms with E-state index in [4.69, 9.17) is 16.3 Å². The van der Waals surface area contributed by atoms with Gasteiger partial charge in [0.1, 0.15) is 12.2 Å². The van der Waals surface area contributed by atoms with Gasteiger partial charge in [-0.3, -0.25) is 10.3 Å². The van der Waals surface area contributed by atoms with Crippen molar-refractivity contribution in [1.29, 1.82) is 5.26 Å². The van der Waals surface area contributed by atoms with Gasteiger partial charge in [0, 0.05) is 28.9 Å². The number of nitrogens with one attached hydrogen (secondary N) is 1. The van der Waals surface area contributed by atoms with Crippen LogP contribution in [-0.2, 0) is 4.74 Å². The van der Waals surface area contributed by atoms with Crippen LogP contribution in [0, 0.1) is 17.2 Å². The molecule has 2 aromatic heterocycles. The van der Waals surface area contributed by atoms with Crippen molar-refractivity contribution in [1.82, 2.24) is 9.55 Å². The van der Waals surface area contributed by atoms with Crippen molar-refractivity contribution in [2.45, 2.75) is 51.2 Å². The first-order valence-corrected chi connectivity index (χ1v) is 13.2. The highest BCUT2D eigenvalue weighted by atomic mass is 35.5. The van der Waals surface area contributed by atoms with E-state index in [1.165, 1.54) is 6.42 Å². The summed E-state index contributed by atoms with van der Waals surface area (Å²) in [6.07, 6.45) is 6.78. The molecule has 0 bridgehead atoms. The molecule has 0 aliphatic heterocycles. The number of hydrogen-bond donors (Lipinski definition) is 1. The number of ether oxygens (including phenoxy) is 1. The summed E-state index contributed by atoms with van der Waals surface area (Å²) in [7, 11) is 0. The number of rotatable bonds is 6. The van der Waals surface area contributed by atoms with E-state index in [9.17, 15) is 10.1 Å². The SMILES string of the molecule is C[C@@H](OC(=O)Nc1ccc(-c2c(C#N)c3ccc(-c4ncccc4Cl)cc3n2C2CCC2)cc1)C1CC1. The Kier molecular flexibility index (Phi) is 6.10. The Morgan fingerprint density at radius 3 is 2.54 bits per heavy atom. The van der Waals surface area contributed by atoms with Gasteiger partial charge in [0.25, 0.3) is 0 Å². The van der Waals surface area contributed by atoms with Gasteiger partial charge in [-0.25, -0.2) is 4.79 Å². The Morgan fingerprint density at radius 2 is 1.89 bits per heavy atom. The summed E-state index contributed by atoms with van der Waals surface area (Å²) in [6.45, 7) is 1.94. The van der Waals surface area contributed by atoms with Crippen LogP contribution < -0.4 is 5.32 Å². The molecular weight excluding hydrogens is 484 g/mol. The van der Waals surface area contributed by atoms with Crippen LogP contribution in [0.4, 0.5) is 10.5 Å². The molecule has 0 radical (unpaired) electrons. The van der Waals surface area contributed by atoms with Crippen LogP contribution in [0.25, 0.3) is 33.4 Å². The van der Waals surface area contributed by atoms with Crippen LogP contribution >= 0.6 is 11.6 Å². The van der Waals surface area contributed by atoms with Crippen molar-refractivity contribution in [3.05, 3.63) is 71.4 Å². The average Bonchev–Trinajstić information content (AvgIpc) is 3.67. The fraction of sp³-hybridized carbons (Fsp3) is 0.300. The van der Waals surface area contributed by atoms with Gasteiger partial charge in [-0.1, -0.05) is 35.9 Å². The number of nitriles is 1. The van der Waals surface area contributed by atoms with Gasteiger partial charge < -0.3 is 9.30 Å². The molecule has 1 N–H and O–H groups in total. The number of aromatic nitrogens is 2. The van der Waals surface area contributed by atoms with Gasteiger partial charge in [0.2, 0.25) is 0 Å². The van der Waals surface area contributed by atoms with Gasteiger partial charge in [-0.15, -0.1) is 0 Å². The third-order valence-corrected chi connectivity index (χ3v) is 7.88. The standard InChI is InChI=1S/C30H27ClN4O2/c1-18(19-7-8-19)37-30(36)34-22-12-9-20(10-13-22)29-25(17-32)24-14-11-21(28-26(31)6-3-15-33-28)16-27(24)35(29)23-4-2-5-23/h3,6,9-16,18-19,23H,2,4-5,7-8H2,1H3,(H,34,36)/t18-/m1/s1. The van der Waals surface area contributed by atoms with Gasteiger partial charge in [-0.2, -0.15) is 5.26 Å². The van der Waals surface area contributed by atoms with Gasteiger partial charge in [-0.05, 0) is 80.8 Å². The number of amides is 1. The van der Waals surface area contributed by atoms with Gasteiger partial charge in [0.15, 0.2) is 0 Å². The number of hydrogen-bond acceptors (Lipinski definition) is 4. The molecule has 37 heavy (non-hydrogen) atoms. The molecule has 1 atom stereocenters. The highest BCUT2D eigenvalue weighted by Crippen LogP contribution is 2.44. The van der Waals surface area contributed by atoms with Crippen molar-refractivity contribution in [3.63, 3.8) is 0 Å². The zero-order valence-corrected chi connectivity index (χ0v) is 21.3. The maximum Gasteiger partial charge on any atom is 0.411 e. The molecule has 2 heterocycles. The summed E-state index contributed by atoms with van der Waals surface area (Å²) in [5, 5.41) is 14.6. The van der Waals surface area contributed by atoms with Crippen molar-refractivity contribution in [3.8, 4) is 28.6 Å². The molecule has 1 amide bonds. The fourth-order valence-corrected chi connectivity index (χ4v) is 5.40. The molecule has 0 saturated heterocycles. The second-order valence-electron chi connectivity index (χ2n) is 10.0. The maximum atomic E-state index is 12.3. The van der Waals surface area contributed by atoms with Crippen molar-refractivity contribution >= 4 is 34.3 Å². The summed E-state index contributed by atoms with van der Waals surface area (Å²) < 4.78 is 7.80. The third-order valence-electron chi connectivity index (χ3n) is 7.57. The highest BCUT2D eigenvalue weighted by Gasteiger charge is 2.31. The number of pyridine rings is 1. The van der Waals surface area contributed by atoms with Crippen LogP contribution in [0.5, 0.6) is 0 Å². The first kappa shape index (κ1) is 23.6. The first-order valence-electron chi connectivity index (χ1n) is 12.8. The Morgan fingerprint density at radius 1 is 1.14 bits per heavy atom. The molecule has 2 saturated carbocycles. The van der Waals surface area contributed by atoms with E-state index in [-0.39, 0.29) is 6.10 Å². The molecule has 186 valence electrons. The molecule has 0 spiro atoms. The minimum absolute atomic E-state index is 0.0681. The highest BCUT2D eigenvalue weighted by molar-refractivity contribution is 6.33. The van der Waals surface area contributed by atoms with Gasteiger partial charge >= 0.3 is 6.09 Å². The number of carbonyl (C=O) groups excluding carboxylic acids is 1. The van der Waals surface area contributed by atoms with Crippen molar-refractivity contribution < 1.29 is 9.53 Å². The van der Waals surface area contributed by atoms with Gasteiger partial charge in [0.05, 0.1) is 27.5 Å². The molecule has 0 unspecified atom stereocenters. The van der Waals surface area contributed by atoms with Crippen LogP contribution in [0.1, 0.15) is 50.6 Å². The fourth-order valence-electron chi connectivity index (χ4n) is 5.17. The molecule has 6 nitrogen and oxygen atoms in total. The Bertz CT molecular complexity index is 1530. The number of anilines is 1. The lowest BCUT2D eigenvalue weighted by Crippen LogP contribution is -2.21. The van der Waals surface area contributed by atoms with E-state index in [1.54, 1.807) is 6.20 Å². The molecule has 2 fully saturated rings. The van der Waals surface area contributed by atoms with Crippen LogP contribution in [-0.4, -0.2) is 21.7 Å².